The van der Waals surface area contributed by atoms with Crippen LogP contribution in [0.15, 0.2) is 48.5 Å². The third kappa shape index (κ3) is 5.46. The van der Waals surface area contributed by atoms with Crippen LogP contribution in [0.5, 0.6) is 0 Å². The van der Waals surface area contributed by atoms with Gasteiger partial charge in [-0.15, -0.1) is 0 Å². The highest BCUT2D eigenvalue weighted by atomic mass is 16.5. The van der Waals surface area contributed by atoms with Crippen LogP contribution < -0.4 is 10.6 Å². The van der Waals surface area contributed by atoms with E-state index in [1.807, 2.05) is 13.0 Å². The van der Waals surface area contributed by atoms with Gasteiger partial charge < -0.3 is 15.4 Å². The minimum Gasteiger partial charge on any atom is -0.454 e. The Labute approximate surface area is 150 Å². The Morgan fingerprint density at radius 2 is 1.77 bits per heavy atom. The summed E-state index contributed by atoms with van der Waals surface area (Å²) in [5, 5.41) is 13.9. The van der Waals surface area contributed by atoms with E-state index in [-0.39, 0.29) is 6.54 Å². The molecule has 0 fully saturated rings. The minimum absolute atomic E-state index is 0.303. The number of para-hydroxylation sites is 1. The van der Waals surface area contributed by atoms with E-state index in [0.717, 1.165) is 5.56 Å². The molecule has 0 aliphatic heterocycles. The van der Waals surface area contributed by atoms with Gasteiger partial charge in [-0.3, -0.25) is 14.4 Å². The van der Waals surface area contributed by atoms with Crippen LogP contribution in [0.25, 0.3) is 0 Å². The van der Waals surface area contributed by atoms with Crippen molar-refractivity contribution in [2.24, 2.45) is 0 Å². The summed E-state index contributed by atoms with van der Waals surface area (Å²) in [6, 6.07) is 15.3. The third-order valence-electron chi connectivity index (χ3n) is 3.39. The smallest absolute Gasteiger partial charge is 0.325 e. The molecule has 2 aromatic rings. The second kappa shape index (κ2) is 8.99. The number of carbonyl (C=O) groups excluding carboxylic acids is 3. The molecule has 0 unspecified atom stereocenters. The Morgan fingerprint density at radius 3 is 2.46 bits per heavy atom. The number of amides is 2. The van der Waals surface area contributed by atoms with Crippen LogP contribution in [0, 0.1) is 18.3 Å². The lowest BCUT2D eigenvalue weighted by Gasteiger charge is -2.08. The largest absolute Gasteiger partial charge is 0.454 e. The molecule has 0 aliphatic rings. The molecule has 0 bridgehead atoms. The quantitative estimate of drug-likeness (QED) is 0.771. The van der Waals surface area contributed by atoms with Crippen molar-refractivity contribution >= 4 is 23.5 Å². The van der Waals surface area contributed by atoms with E-state index in [4.69, 9.17) is 10.00 Å². The van der Waals surface area contributed by atoms with Gasteiger partial charge in [-0.25, -0.2) is 0 Å². The Hall–Kier alpha value is -3.66. The highest BCUT2D eigenvalue weighted by Gasteiger charge is 2.12. The molecule has 0 aliphatic carbocycles. The van der Waals surface area contributed by atoms with Crippen molar-refractivity contribution in [3.63, 3.8) is 0 Å². The predicted octanol–water partition coefficient (Wildman–Crippen LogP) is 1.78. The Balaban J connectivity index is 1.76. The molecular weight excluding hydrogens is 334 g/mol. The fourth-order valence-corrected chi connectivity index (χ4v) is 2.03. The average Bonchev–Trinajstić information content (AvgIpc) is 2.65. The van der Waals surface area contributed by atoms with Crippen molar-refractivity contribution in [2.45, 2.75) is 6.92 Å². The molecule has 0 radical (unpaired) electrons. The molecule has 2 aromatic carbocycles. The number of anilines is 1. The molecule has 0 atom stereocenters. The number of rotatable bonds is 6. The van der Waals surface area contributed by atoms with Crippen molar-refractivity contribution in [2.75, 3.05) is 18.5 Å². The van der Waals surface area contributed by atoms with Gasteiger partial charge in [0, 0.05) is 5.56 Å². The molecule has 7 heteroatoms. The first-order valence-corrected chi connectivity index (χ1v) is 7.79. The third-order valence-corrected chi connectivity index (χ3v) is 3.39. The molecule has 132 valence electrons. The Bertz CT molecular complexity index is 854. The first kappa shape index (κ1) is 18.7. The number of benzene rings is 2. The Morgan fingerprint density at radius 1 is 1.08 bits per heavy atom. The lowest BCUT2D eigenvalue weighted by Crippen LogP contribution is -2.32. The molecule has 26 heavy (non-hydrogen) atoms. The highest BCUT2D eigenvalue weighted by molar-refractivity contribution is 5.96. The van der Waals surface area contributed by atoms with Crippen LogP contribution in [-0.4, -0.2) is 30.9 Å². The van der Waals surface area contributed by atoms with Gasteiger partial charge in [0.2, 0.25) is 0 Å². The number of aryl methyl sites for hydroxylation is 1. The Kier molecular flexibility index (Phi) is 6.46. The maximum absolute atomic E-state index is 11.9. The lowest BCUT2D eigenvalue weighted by atomic mass is 10.1. The molecule has 7 nitrogen and oxygen atoms in total. The van der Waals surface area contributed by atoms with Gasteiger partial charge in [-0.2, -0.15) is 5.26 Å². The van der Waals surface area contributed by atoms with Gasteiger partial charge in [0.05, 0.1) is 11.3 Å². The van der Waals surface area contributed by atoms with Crippen molar-refractivity contribution in [1.29, 1.82) is 5.26 Å². The topological polar surface area (TPSA) is 108 Å². The molecule has 0 saturated heterocycles. The first-order chi connectivity index (χ1) is 12.5. The monoisotopic (exact) mass is 351 g/mol. The van der Waals surface area contributed by atoms with E-state index in [9.17, 15) is 14.4 Å². The summed E-state index contributed by atoms with van der Waals surface area (Å²) in [5.41, 5.74) is 2.08. The number of nitriles is 1. The van der Waals surface area contributed by atoms with Crippen LogP contribution in [0.4, 0.5) is 5.69 Å². The van der Waals surface area contributed by atoms with E-state index in [2.05, 4.69) is 10.6 Å². The van der Waals surface area contributed by atoms with E-state index >= 15 is 0 Å². The zero-order valence-corrected chi connectivity index (χ0v) is 14.1. The summed E-state index contributed by atoms with van der Waals surface area (Å²) in [7, 11) is 0. The summed E-state index contributed by atoms with van der Waals surface area (Å²) in [4.78, 5) is 35.3. The highest BCUT2D eigenvalue weighted by Crippen LogP contribution is 2.13. The number of nitrogens with one attached hydrogen (secondary N) is 2. The van der Waals surface area contributed by atoms with Gasteiger partial charge in [-0.1, -0.05) is 29.8 Å². The second-order valence-electron chi connectivity index (χ2n) is 5.41. The number of carbonyl (C=O) groups is 3. The molecule has 0 spiro atoms. The molecule has 2 N–H and O–H groups in total. The van der Waals surface area contributed by atoms with Crippen molar-refractivity contribution in [3.8, 4) is 6.07 Å². The fourth-order valence-electron chi connectivity index (χ4n) is 2.03. The summed E-state index contributed by atoms with van der Waals surface area (Å²) in [6.07, 6.45) is 0. The number of esters is 1. The zero-order valence-electron chi connectivity index (χ0n) is 14.1. The molecule has 0 aromatic heterocycles. The normalized spacial score (nSPS) is 9.69. The molecule has 0 saturated carbocycles. The number of hydrogen-bond acceptors (Lipinski definition) is 5. The van der Waals surface area contributed by atoms with Crippen molar-refractivity contribution in [3.05, 3.63) is 65.2 Å². The van der Waals surface area contributed by atoms with Gasteiger partial charge in [-0.05, 0) is 31.2 Å². The maximum atomic E-state index is 11.9. The average molecular weight is 351 g/mol. The molecular formula is C19H17N3O4. The van der Waals surface area contributed by atoms with Crippen LogP contribution in [-0.2, 0) is 14.3 Å². The fraction of sp³-hybridized carbons (Fsp3) is 0.158. The SMILES string of the molecule is Cc1ccc(C(=O)NCC(=O)OCC(=O)Nc2ccccc2C#N)cc1. The van der Waals surface area contributed by atoms with E-state index in [1.165, 1.54) is 0 Å². The second-order valence-corrected chi connectivity index (χ2v) is 5.41. The summed E-state index contributed by atoms with van der Waals surface area (Å²) in [6.45, 7) is 1.03. The van der Waals surface area contributed by atoms with E-state index < -0.39 is 24.4 Å². The molecule has 2 rings (SSSR count). The van der Waals surface area contributed by atoms with Crippen LogP contribution in [0.1, 0.15) is 21.5 Å². The van der Waals surface area contributed by atoms with E-state index in [1.54, 1.807) is 48.5 Å². The van der Waals surface area contributed by atoms with Crippen molar-refractivity contribution in [1.82, 2.24) is 5.32 Å². The number of hydrogen-bond donors (Lipinski definition) is 2. The van der Waals surface area contributed by atoms with Gasteiger partial charge in [0.1, 0.15) is 12.6 Å². The summed E-state index contributed by atoms with van der Waals surface area (Å²) >= 11 is 0. The maximum Gasteiger partial charge on any atom is 0.325 e. The predicted molar refractivity (Wildman–Crippen MR) is 94.3 cm³/mol. The van der Waals surface area contributed by atoms with Crippen molar-refractivity contribution < 1.29 is 19.1 Å². The van der Waals surface area contributed by atoms with Gasteiger partial charge in [0.15, 0.2) is 6.61 Å². The summed E-state index contributed by atoms with van der Waals surface area (Å²) in [5.74, 6) is -1.73. The standard InChI is InChI=1S/C19H17N3O4/c1-13-6-8-14(9-7-13)19(25)21-11-18(24)26-12-17(23)22-16-5-3-2-4-15(16)10-20/h2-9H,11-12H2,1H3,(H,21,25)(H,22,23). The van der Waals surface area contributed by atoms with Crippen LogP contribution in [0.2, 0.25) is 0 Å². The lowest BCUT2D eigenvalue weighted by molar-refractivity contribution is -0.146. The number of ether oxygens (including phenoxy) is 1. The van der Waals surface area contributed by atoms with Gasteiger partial charge in [0.25, 0.3) is 11.8 Å². The first-order valence-electron chi connectivity index (χ1n) is 7.79. The summed E-state index contributed by atoms with van der Waals surface area (Å²) < 4.78 is 4.81. The molecule has 2 amide bonds. The minimum atomic E-state index is -0.741. The molecule has 0 heterocycles. The van der Waals surface area contributed by atoms with Crippen LogP contribution in [0.3, 0.4) is 0 Å². The number of nitrogens with zero attached hydrogens (tertiary/aromatic N) is 1. The zero-order chi connectivity index (χ0) is 18.9. The van der Waals surface area contributed by atoms with E-state index in [0.29, 0.717) is 16.8 Å². The van der Waals surface area contributed by atoms with Gasteiger partial charge >= 0.3 is 5.97 Å². The van der Waals surface area contributed by atoms with Crippen LogP contribution >= 0.6 is 0 Å².